The lowest BCUT2D eigenvalue weighted by molar-refractivity contribution is -0.133. The molecule has 59 heavy (non-hydrogen) atoms. The van der Waals surface area contributed by atoms with Gasteiger partial charge in [-0.05, 0) is 113 Å². The average Bonchev–Trinajstić information content (AvgIpc) is 3.20. The van der Waals surface area contributed by atoms with Gasteiger partial charge < -0.3 is 25.2 Å². The van der Waals surface area contributed by atoms with Crippen molar-refractivity contribution in [2.24, 2.45) is 5.41 Å². The van der Waals surface area contributed by atoms with E-state index >= 15 is 4.39 Å². The molecule has 5 heterocycles. The predicted molar refractivity (Wildman–Crippen MR) is 222 cm³/mol. The molecule has 9 rings (SSSR count). The second kappa shape index (κ2) is 16.2. The lowest BCUT2D eigenvalue weighted by atomic mass is 9.60. The topological polar surface area (TPSA) is 151 Å². The number of hydrogen-bond donors (Lipinski definition) is 3. The molecule has 2 saturated carbocycles. The van der Waals surface area contributed by atoms with Crippen LogP contribution >= 0.6 is 0 Å². The molecule has 4 aromatic rings. The Morgan fingerprint density at radius 1 is 0.881 bits per heavy atom. The highest BCUT2D eigenvalue weighted by atomic mass is 19.1. The second-order valence-electron chi connectivity index (χ2n) is 17.0. The van der Waals surface area contributed by atoms with Crippen LogP contribution in [0.2, 0.25) is 0 Å². The molecule has 3 amide bonds. The normalized spacial score (nSPS) is 23.6. The number of rotatable bonds is 9. The van der Waals surface area contributed by atoms with Crippen molar-refractivity contribution < 1.29 is 32.2 Å². The summed E-state index contributed by atoms with van der Waals surface area (Å²) in [4.78, 5) is 62.0. The Labute approximate surface area is 345 Å². The highest BCUT2D eigenvalue weighted by Gasteiger charge is 2.55. The lowest BCUT2D eigenvalue weighted by Crippen LogP contribution is -2.68. The number of imide groups is 1. The Morgan fingerprint density at radius 3 is 2.42 bits per heavy atom. The Balaban J connectivity index is 0.00000214. The number of piperidine rings is 2. The molecule has 2 aromatic carbocycles. The van der Waals surface area contributed by atoms with Crippen molar-refractivity contribution in [3.8, 4) is 16.9 Å². The number of benzene rings is 2. The summed E-state index contributed by atoms with van der Waals surface area (Å²) in [5, 5.41) is 8.73. The first-order chi connectivity index (χ1) is 28.6. The van der Waals surface area contributed by atoms with Gasteiger partial charge in [-0.3, -0.25) is 24.3 Å². The first-order valence-corrected chi connectivity index (χ1v) is 20.7. The largest absolute Gasteiger partial charge is 0.446 e. The van der Waals surface area contributed by atoms with E-state index in [-0.39, 0.29) is 69.2 Å². The molecule has 0 bridgehead atoms. The Hall–Kier alpha value is -5.70. The minimum absolute atomic E-state index is 0. The zero-order valence-electron chi connectivity index (χ0n) is 32.7. The van der Waals surface area contributed by atoms with Crippen LogP contribution in [0.1, 0.15) is 80.0 Å². The molecule has 5 aliphatic rings. The fourth-order valence-electron chi connectivity index (χ4n) is 9.71. The summed E-state index contributed by atoms with van der Waals surface area (Å²) in [6.45, 7) is 3.25. The zero-order chi connectivity index (χ0) is 40.7. The van der Waals surface area contributed by atoms with E-state index in [2.05, 4.69) is 30.8 Å². The van der Waals surface area contributed by atoms with Crippen LogP contribution in [0.3, 0.4) is 0 Å². The number of halogens is 2. The summed E-state index contributed by atoms with van der Waals surface area (Å²) in [6.07, 6.45) is 9.84. The number of aromatic nitrogens is 3. The molecule has 0 radical (unpaired) electrons. The molecule has 3 N–H and O–H groups in total. The van der Waals surface area contributed by atoms with Crippen LogP contribution in [0.5, 0.6) is 0 Å². The van der Waals surface area contributed by atoms with Crippen molar-refractivity contribution in [1.29, 1.82) is 0 Å². The third-order valence-corrected chi connectivity index (χ3v) is 13.0. The number of nitrogens with zero attached hydrogens (tertiary/aromatic N) is 5. The van der Waals surface area contributed by atoms with E-state index < -0.39 is 11.9 Å². The van der Waals surface area contributed by atoms with Gasteiger partial charge in [0.25, 0.3) is 5.56 Å². The molecule has 3 aliphatic heterocycles. The Bertz CT molecular complexity index is 2310. The molecule has 13 nitrogen and oxygen atoms in total. The summed E-state index contributed by atoms with van der Waals surface area (Å²) in [6, 6.07) is 17.0. The smallest absolute Gasteiger partial charge is 0.410 e. The number of anilines is 2. The molecular weight excluding hydrogens is 759 g/mol. The van der Waals surface area contributed by atoms with Crippen molar-refractivity contribution in [2.45, 2.75) is 94.4 Å². The number of ether oxygens (including phenoxy) is 1. The van der Waals surface area contributed by atoms with Crippen molar-refractivity contribution in [2.75, 3.05) is 36.8 Å². The van der Waals surface area contributed by atoms with Gasteiger partial charge in [0.2, 0.25) is 17.8 Å². The number of hydrogen-bond acceptors (Lipinski definition) is 10. The minimum atomic E-state index is -0.560. The number of amides is 3. The molecule has 3 saturated heterocycles. The maximum Gasteiger partial charge on any atom is 0.410 e. The maximum absolute atomic E-state index is 15.2. The highest BCUT2D eigenvalue weighted by molar-refractivity contribution is 6.01. The first-order valence-electron chi connectivity index (χ1n) is 20.7. The van der Waals surface area contributed by atoms with E-state index in [4.69, 9.17) is 4.74 Å². The van der Waals surface area contributed by atoms with Gasteiger partial charge >= 0.3 is 6.09 Å². The SMILES string of the molecule is O=C1CCC(Nc2ccc(C3CCN(C4CC5(C4)CN(C(=O)OC4CCC(Nc6ncc(F)c(-c7cccc(-n8ccccc8=O)c7)n6)CC4)C5)CC3)c(F)c2)C(=O)N1.[HH].[HH].[HH]. The third kappa shape index (κ3) is 8.30. The van der Waals surface area contributed by atoms with Crippen LogP contribution < -0.4 is 21.5 Å². The number of nitrogens with one attached hydrogen (secondary N) is 3. The monoisotopic (exact) mass is 812 g/mol. The molecule has 1 spiro atoms. The van der Waals surface area contributed by atoms with Crippen LogP contribution in [0.15, 0.2) is 77.9 Å². The summed E-state index contributed by atoms with van der Waals surface area (Å²) in [5.41, 5.74) is 2.50. The Kier molecular flexibility index (Phi) is 10.6. The van der Waals surface area contributed by atoms with Crippen molar-refractivity contribution in [1.82, 2.24) is 29.7 Å². The van der Waals surface area contributed by atoms with Gasteiger partial charge in [-0.2, -0.15) is 0 Å². The molecule has 1 unspecified atom stereocenters. The van der Waals surface area contributed by atoms with Crippen LogP contribution in [0.25, 0.3) is 16.9 Å². The number of carbonyl (C=O) groups is 3. The zero-order valence-corrected chi connectivity index (χ0v) is 32.7. The Morgan fingerprint density at radius 2 is 1.68 bits per heavy atom. The van der Waals surface area contributed by atoms with Gasteiger partial charge in [-0.1, -0.05) is 24.3 Å². The van der Waals surface area contributed by atoms with Crippen LogP contribution in [0.4, 0.5) is 25.2 Å². The van der Waals surface area contributed by atoms with Crippen molar-refractivity contribution in [3.63, 3.8) is 0 Å². The predicted octanol–water partition coefficient (Wildman–Crippen LogP) is 6.73. The molecule has 1 atom stereocenters. The van der Waals surface area contributed by atoms with Gasteiger partial charge in [-0.15, -0.1) is 0 Å². The van der Waals surface area contributed by atoms with E-state index in [0.29, 0.717) is 53.8 Å². The second-order valence-corrected chi connectivity index (χ2v) is 17.0. The quantitative estimate of drug-likeness (QED) is 0.155. The summed E-state index contributed by atoms with van der Waals surface area (Å²) < 4.78 is 37.6. The summed E-state index contributed by atoms with van der Waals surface area (Å²) >= 11 is 0. The number of likely N-dealkylation sites (tertiary alicyclic amines) is 2. The average molecular weight is 813 g/mol. The fourth-order valence-corrected chi connectivity index (χ4v) is 9.71. The molecule has 15 heteroatoms. The molecule has 2 aliphatic carbocycles. The van der Waals surface area contributed by atoms with Crippen LogP contribution in [-0.4, -0.2) is 92.7 Å². The van der Waals surface area contributed by atoms with Gasteiger partial charge in [0.1, 0.15) is 23.7 Å². The van der Waals surface area contributed by atoms with Crippen LogP contribution in [0, 0.1) is 17.0 Å². The standard InChI is InChI=1S/C44H48F2N8O5.3H2/c45-35-21-30(48-37-13-14-38(55)50-41(37)57)9-12-34(35)27-15-18-52(19-16-27)32-22-44(23-32)25-53(26-44)43(58)59-33-10-7-29(8-11-33)49-42-47-24-36(46)40(51-42)28-4-3-5-31(20-28)54-17-2-1-6-39(54)56;;;/h1-6,9,12,17,20-21,24,27,29,32-33,37,48H,7-8,10-11,13-16,18-19,22-23,25-26H2,(H,47,49,51)(H,50,55,57);3*1H. The van der Waals surface area contributed by atoms with E-state index in [1.54, 1.807) is 42.6 Å². The van der Waals surface area contributed by atoms with E-state index in [1.165, 1.54) is 16.7 Å². The van der Waals surface area contributed by atoms with Gasteiger partial charge in [-0.25, -0.2) is 23.5 Å². The molecule has 2 aromatic heterocycles. The number of carbonyl (C=O) groups excluding carboxylic acids is 3. The van der Waals surface area contributed by atoms with Gasteiger partial charge in [0.15, 0.2) is 5.82 Å². The van der Waals surface area contributed by atoms with E-state index in [0.717, 1.165) is 70.9 Å². The van der Waals surface area contributed by atoms with Crippen molar-refractivity contribution >= 4 is 29.5 Å². The van der Waals surface area contributed by atoms with Crippen LogP contribution in [-0.2, 0) is 14.3 Å². The maximum atomic E-state index is 15.2. The molecular formula is C44H54F2N8O5. The summed E-state index contributed by atoms with van der Waals surface area (Å²) in [5.74, 6) is -1.04. The van der Waals surface area contributed by atoms with Gasteiger partial charge in [0, 0.05) is 70.5 Å². The van der Waals surface area contributed by atoms with E-state index in [1.807, 2.05) is 17.0 Å². The first kappa shape index (κ1) is 38.8. The molecule has 5 fully saturated rings. The third-order valence-electron chi connectivity index (χ3n) is 13.0. The molecule has 314 valence electrons. The number of pyridine rings is 1. The highest BCUT2D eigenvalue weighted by Crippen LogP contribution is 2.51. The minimum Gasteiger partial charge on any atom is -0.446 e. The fraction of sp³-hybridized carbons (Fsp3) is 0.455. The van der Waals surface area contributed by atoms with E-state index in [9.17, 15) is 23.6 Å². The lowest BCUT2D eigenvalue weighted by Gasteiger charge is -2.61. The van der Waals surface area contributed by atoms with Gasteiger partial charge in [0.05, 0.1) is 6.20 Å². The summed E-state index contributed by atoms with van der Waals surface area (Å²) in [7, 11) is 0. The van der Waals surface area contributed by atoms with Crippen molar-refractivity contribution in [3.05, 3.63) is 101 Å².